The quantitative estimate of drug-likeness (QED) is 0.860. The summed E-state index contributed by atoms with van der Waals surface area (Å²) in [6.07, 6.45) is 5.64. The van der Waals surface area contributed by atoms with Crippen LogP contribution in [0.3, 0.4) is 0 Å². The Morgan fingerprint density at radius 3 is 2.94 bits per heavy atom. The van der Waals surface area contributed by atoms with Gasteiger partial charge >= 0.3 is 0 Å². The zero-order valence-corrected chi connectivity index (χ0v) is 10.4. The van der Waals surface area contributed by atoms with Crippen molar-refractivity contribution >= 4 is 11.3 Å². The fraction of sp³-hybridized carbons (Fsp3) is 0.455. The number of nitrogens with one attached hydrogen (secondary N) is 1. The maximum atomic E-state index is 4.31. The minimum Gasteiger partial charge on any atom is -0.337 e. The van der Waals surface area contributed by atoms with Crippen LogP contribution in [0.4, 0.5) is 0 Å². The Kier molecular flexibility index (Phi) is 3.69. The van der Waals surface area contributed by atoms with Crippen molar-refractivity contribution in [3.05, 3.63) is 34.8 Å². The topological polar surface area (TPSA) is 42.7 Å². The Balaban J connectivity index is 1.78. The third kappa shape index (κ3) is 2.68. The predicted molar refractivity (Wildman–Crippen MR) is 65.4 cm³/mol. The molecule has 2 heterocycles. The van der Waals surface area contributed by atoms with Crippen molar-refractivity contribution < 1.29 is 0 Å². The van der Waals surface area contributed by atoms with Gasteiger partial charge in [0.2, 0.25) is 0 Å². The first-order valence-corrected chi connectivity index (χ1v) is 6.21. The van der Waals surface area contributed by atoms with E-state index in [0.29, 0.717) is 5.92 Å². The van der Waals surface area contributed by atoms with Gasteiger partial charge in [-0.1, -0.05) is 6.92 Å². The van der Waals surface area contributed by atoms with E-state index in [0.717, 1.165) is 18.9 Å². The molecule has 0 bridgehead atoms. The maximum Gasteiger partial charge on any atom is 0.122 e. The standard InChI is InChI=1S/C11H16N4S/c1-9(11-14-4-6-16-11)7-12-8-10-13-3-5-15(10)2/h3-6,9,12H,7-8H2,1-2H3. The molecule has 0 aliphatic heterocycles. The summed E-state index contributed by atoms with van der Waals surface area (Å²) < 4.78 is 2.03. The van der Waals surface area contributed by atoms with Crippen LogP contribution in [0.5, 0.6) is 0 Å². The first-order valence-electron chi connectivity index (χ1n) is 5.33. The molecule has 5 heteroatoms. The minimum absolute atomic E-state index is 0.459. The summed E-state index contributed by atoms with van der Waals surface area (Å²) in [5.41, 5.74) is 0. The molecule has 1 unspecified atom stereocenters. The van der Waals surface area contributed by atoms with E-state index in [1.807, 2.05) is 35.6 Å². The highest BCUT2D eigenvalue weighted by molar-refractivity contribution is 7.09. The number of nitrogens with zero attached hydrogens (tertiary/aromatic N) is 3. The van der Waals surface area contributed by atoms with Crippen LogP contribution in [0.2, 0.25) is 0 Å². The van der Waals surface area contributed by atoms with E-state index in [2.05, 4.69) is 22.2 Å². The summed E-state index contributed by atoms with van der Waals surface area (Å²) in [4.78, 5) is 8.57. The number of rotatable bonds is 5. The monoisotopic (exact) mass is 236 g/mol. The van der Waals surface area contributed by atoms with Gasteiger partial charge in [-0.25, -0.2) is 9.97 Å². The highest BCUT2D eigenvalue weighted by Crippen LogP contribution is 2.16. The molecule has 2 rings (SSSR count). The van der Waals surface area contributed by atoms with Gasteiger partial charge in [-0.15, -0.1) is 11.3 Å². The Morgan fingerprint density at radius 1 is 1.44 bits per heavy atom. The molecule has 0 amide bonds. The van der Waals surface area contributed by atoms with E-state index in [9.17, 15) is 0 Å². The number of hydrogen-bond donors (Lipinski definition) is 1. The van der Waals surface area contributed by atoms with Gasteiger partial charge in [-0.05, 0) is 0 Å². The molecule has 0 radical (unpaired) electrons. The Hall–Kier alpha value is -1.20. The molecule has 0 aromatic carbocycles. The molecule has 0 fully saturated rings. The highest BCUT2D eigenvalue weighted by Gasteiger charge is 2.07. The van der Waals surface area contributed by atoms with E-state index in [1.165, 1.54) is 5.01 Å². The zero-order valence-electron chi connectivity index (χ0n) is 9.55. The average molecular weight is 236 g/mol. The van der Waals surface area contributed by atoms with Crippen molar-refractivity contribution in [3.63, 3.8) is 0 Å². The van der Waals surface area contributed by atoms with Crippen molar-refractivity contribution in [1.29, 1.82) is 0 Å². The van der Waals surface area contributed by atoms with Crippen LogP contribution in [0.15, 0.2) is 24.0 Å². The molecular formula is C11H16N4S. The molecular weight excluding hydrogens is 220 g/mol. The van der Waals surface area contributed by atoms with Gasteiger partial charge in [0.05, 0.1) is 11.6 Å². The molecule has 0 spiro atoms. The van der Waals surface area contributed by atoms with Gasteiger partial charge in [0.1, 0.15) is 5.82 Å². The van der Waals surface area contributed by atoms with Crippen molar-refractivity contribution in [2.75, 3.05) is 6.54 Å². The Morgan fingerprint density at radius 2 is 2.31 bits per heavy atom. The van der Waals surface area contributed by atoms with Crippen LogP contribution in [0, 0.1) is 0 Å². The zero-order chi connectivity index (χ0) is 11.4. The van der Waals surface area contributed by atoms with E-state index < -0.39 is 0 Å². The summed E-state index contributed by atoms with van der Waals surface area (Å²) in [6.45, 7) is 3.92. The number of thiazole rings is 1. The highest BCUT2D eigenvalue weighted by atomic mass is 32.1. The smallest absolute Gasteiger partial charge is 0.122 e. The minimum atomic E-state index is 0.459. The van der Waals surface area contributed by atoms with Gasteiger partial charge < -0.3 is 9.88 Å². The second-order valence-corrected chi connectivity index (χ2v) is 4.78. The van der Waals surface area contributed by atoms with E-state index in [4.69, 9.17) is 0 Å². The summed E-state index contributed by atoms with van der Waals surface area (Å²) in [6, 6.07) is 0. The lowest BCUT2D eigenvalue weighted by Gasteiger charge is -2.09. The normalized spacial score (nSPS) is 12.9. The average Bonchev–Trinajstić information content (AvgIpc) is 2.90. The number of aromatic nitrogens is 3. The van der Waals surface area contributed by atoms with Gasteiger partial charge in [-0.3, -0.25) is 0 Å². The lowest BCUT2D eigenvalue weighted by atomic mass is 10.2. The van der Waals surface area contributed by atoms with E-state index in [-0.39, 0.29) is 0 Å². The van der Waals surface area contributed by atoms with E-state index in [1.54, 1.807) is 11.3 Å². The number of hydrogen-bond acceptors (Lipinski definition) is 4. The molecule has 0 aliphatic carbocycles. The van der Waals surface area contributed by atoms with Crippen molar-refractivity contribution in [2.24, 2.45) is 7.05 Å². The van der Waals surface area contributed by atoms with Gasteiger partial charge in [0, 0.05) is 43.5 Å². The maximum absolute atomic E-state index is 4.31. The molecule has 1 atom stereocenters. The molecule has 1 N–H and O–H groups in total. The predicted octanol–water partition coefficient (Wildman–Crippen LogP) is 1.77. The molecule has 16 heavy (non-hydrogen) atoms. The third-order valence-electron chi connectivity index (χ3n) is 2.53. The van der Waals surface area contributed by atoms with Crippen LogP contribution >= 0.6 is 11.3 Å². The molecule has 0 aliphatic rings. The Bertz CT molecular complexity index is 421. The molecule has 86 valence electrons. The third-order valence-corrected chi connectivity index (χ3v) is 3.53. The van der Waals surface area contributed by atoms with Gasteiger partial charge in [-0.2, -0.15) is 0 Å². The first kappa shape index (κ1) is 11.3. The van der Waals surface area contributed by atoms with Crippen LogP contribution in [-0.4, -0.2) is 21.1 Å². The molecule has 0 saturated heterocycles. The summed E-state index contributed by atoms with van der Waals surface area (Å²) >= 11 is 1.71. The van der Waals surface area contributed by atoms with Crippen LogP contribution in [-0.2, 0) is 13.6 Å². The van der Waals surface area contributed by atoms with Crippen LogP contribution in [0.25, 0.3) is 0 Å². The van der Waals surface area contributed by atoms with Gasteiger partial charge in [0.25, 0.3) is 0 Å². The summed E-state index contributed by atoms with van der Waals surface area (Å²) in [5, 5.41) is 6.61. The van der Waals surface area contributed by atoms with Crippen molar-refractivity contribution in [3.8, 4) is 0 Å². The second kappa shape index (κ2) is 5.23. The second-order valence-electron chi connectivity index (χ2n) is 3.86. The lowest BCUT2D eigenvalue weighted by molar-refractivity contribution is 0.586. The summed E-state index contributed by atoms with van der Waals surface area (Å²) in [7, 11) is 2.01. The number of imidazole rings is 1. The number of aryl methyl sites for hydroxylation is 1. The van der Waals surface area contributed by atoms with Crippen LogP contribution in [0.1, 0.15) is 23.7 Å². The lowest BCUT2D eigenvalue weighted by Crippen LogP contribution is -2.21. The molecule has 0 saturated carbocycles. The fourth-order valence-electron chi connectivity index (χ4n) is 1.53. The van der Waals surface area contributed by atoms with E-state index >= 15 is 0 Å². The van der Waals surface area contributed by atoms with Crippen molar-refractivity contribution in [1.82, 2.24) is 19.9 Å². The molecule has 4 nitrogen and oxygen atoms in total. The largest absolute Gasteiger partial charge is 0.337 e. The van der Waals surface area contributed by atoms with Crippen LogP contribution < -0.4 is 5.32 Å². The SMILES string of the molecule is CC(CNCc1nccn1C)c1nccs1. The molecule has 2 aromatic heterocycles. The molecule has 2 aromatic rings. The van der Waals surface area contributed by atoms with Gasteiger partial charge in [0.15, 0.2) is 0 Å². The van der Waals surface area contributed by atoms with Crippen molar-refractivity contribution in [2.45, 2.75) is 19.4 Å². The fourth-order valence-corrected chi connectivity index (χ4v) is 2.23. The summed E-state index contributed by atoms with van der Waals surface area (Å²) in [5.74, 6) is 1.52. The first-order chi connectivity index (χ1) is 7.77. The Labute approximate surface area is 99.4 Å².